The highest BCUT2D eigenvalue weighted by Gasteiger charge is 2.53. The Balaban J connectivity index is 1.20. The molecule has 0 atom stereocenters. The van der Waals surface area contributed by atoms with Gasteiger partial charge in [-0.2, -0.15) is 0 Å². The first-order chi connectivity index (χ1) is 33.8. The lowest BCUT2D eigenvalue weighted by Crippen LogP contribution is -2.63. The van der Waals surface area contributed by atoms with Crippen LogP contribution >= 0.6 is 0 Å². The molecule has 0 aliphatic carbocycles. The van der Waals surface area contributed by atoms with Crippen molar-refractivity contribution in [3.63, 3.8) is 0 Å². The summed E-state index contributed by atoms with van der Waals surface area (Å²) in [6.07, 6.45) is 0. The van der Waals surface area contributed by atoms with Crippen LogP contribution < -0.4 is 20.6 Å². The van der Waals surface area contributed by atoms with Gasteiger partial charge in [0, 0.05) is 33.9 Å². The van der Waals surface area contributed by atoms with E-state index in [0.29, 0.717) is 0 Å². The highest BCUT2D eigenvalue weighted by Crippen LogP contribution is 2.60. The normalized spacial score (nSPS) is 13.8. The molecule has 10 aromatic rings. The molecular weight excluding hydrogens is 832 g/mol. The van der Waals surface area contributed by atoms with Crippen LogP contribution in [0, 0.1) is 6.92 Å². The molecule has 328 valence electrons. The van der Waals surface area contributed by atoms with E-state index in [1.807, 2.05) is 0 Å². The molecule has 69 heavy (non-hydrogen) atoms. The fourth-order valence-electron chi connectivity index (χ4n) is 12.1. The number of hydrogen-bond donors (Lipinski definition) is 0. The molecule has 13 rings (SSSR count). The van der Waals surface area contributed by atoms with E-state index in [4.69, 9.17) is 0 Å². The van der Waals surface area contributed by atoms with Crippen molar-refractivity contribution in [1.82, 2.24) is 0 Å². The summed E-state index contributed by atoms with van der Waals surface area (Å²) in [5, 5.41) is 0. The maximum absolute atomic E-state index is 2.73. The highest BCUT2D eigenvalue weighted by molar-refractivity contribution is 6.94. The van der Waals surface area contributed by atoms with E-state index < -0.39 is 5.41 Å². The second kappa shape index (κ2) is 15.7. The fourth-order valence-corrected chi connectivity index (χ4v) is 12.1. The molecule has 3 heterocycles. The third-order valence-corrected chi connectivity index (χ3v) is 15.2. The maximum atomic E-state index is 2.73. The van der Waals surface area contributed by atoms with E-state index >= 15 is 0 Å². The molecule has 0 spiro atoms. The van der Waals surface area contributed by atoms with E-state index in [2.05, 4.69) is 274 Å². The minimum absolute atomic E-state index is 0.0424. The van der Waals surface area contributed by atoms with Gasteiger partial charge in [0.2, 0.25) is 0 Å². The van der Waals surface area contributed by atoms with Gasteiger partial charge >= 0.3 is 6.85 Å². The lowest BCUT2D eigenvalue weighted by atomic mass is 9.42. The minimum Gasteiger partial charge on any atom is -0.376 e. The zero-order chi connectivity index (χ0) is 46.4. The molecule has 0 saturated heterocycles. The molecule has 0 N–H and O–H groups in total. The van der Waals surface area contributed by atoms with Crippen molar-refractivity contribution in [1.29, 1.82) is 0 Å². The van der Waals surface area contributed by atoms with Crippen LogP contribution in [0.25, 0.3) is 44.5 Å². The molecule has 0 amide bonds. The summed E-state index contributed by atoms with van der Waals surface area (Å²) in [5.41, 5.74) is 25.4. The SMILES string of the molecule is Cc1ccccc1-c1cc2c3c(c1)N(c1ccc(C(C)(C)C)cc1-c1ccccc1)c1ccc(-c4ccccc4)cc1B3N1c3ccccc3C(c3ccccc3)(c3ccccc3)c3cccc-2c31. The van der Waals surface area contributed by atoms with E-state index in [1.165, 1.54) is 112 Å². The number of para-hydroxylation sites is 2. The van der Waals surface area contributed by atoms with Crippen molar-refractivity contribution in [2.75, 3.05) is 9.71 Å². The molecule has 0 bridgehead atoms. The second-order valence-electron chi connectivity index (χ2n) is 20.1. The van der Waals surface area contributed by atoms with Crippen molar-refractivity contribution in [2.24, 2.45) is 0 Å². The quantitative estimate of drug-likeness (QED) is 0.154. The van der Waals surface area contributed by atoms with E-state index in [9.17, 15) is 0 Å². The van der Waals surface area contributed by atoms with Gasteiger partial charge in [-0.15, -0.1) is 0 Å². The Labute approximate surface area is 406 Å². The molecular formula is C66H51BN2. The van der Waals surface area contributed by atoms with Gasteiger partial charge in [0.15, 0.2) is 0 Å². The second-order valence-corrected chi connectivity index (χ2v) is 20.1. The molecule has 2 nitrogen and oxygen atoms in total. The van der Waals surface area contributed by atoms with Crippen LogP contribution in [0.2, 0.25) is 0 Å². The third kappa shape index (κ3) is 6.20. The third-order valence-electron chi connectivity index (χ3n) is 15.2. The van der Waals surface area contributed by atoms with Crippen molar-refractivity contribution >= 4 is 46.2 Å². The average Bonchev–Trinajstić information content (AvgIpc) is 3.40. The number of benzene rings is 10. The topological polar surface area (TPSA) is 6.48 Å². The number of aryl methyl sites for hydroxylation is 1. The fraction of sp³-hybridized carbons (Fsp3) is 0.0909. The highest BCUT2D eigenvalue weighted by atomic mass is 15.2. The molecule has 0 saturated carbocycles. The largest absolute Gasteiger partial charge is 0.376 e. The Kier molecular flexibility index (Phi) is 9.36. The smallest absolute Gasteiger partial charge is 0.333 e. The number of nitrogens with zero attached hydrogens (tertiary/aromatic N) is 2. The number of rotatable bonds is 6. The first-order valence-corrected chi connectivity index (χ1v) is 24.4. The summed E-state index contributed by atoms with van der Waals surface area (Å²) in [6.45, 7) is 9.03. The number of fused-ring (bicyclic) bond motifs is 6. The maximum Gasteiger partial charge on any atom is 0.333 e. The molecule has 3 aliphatic rings. The summed E-state index contributed by atoms with van der Waals surface area (Å²) in [7, 11) is 0. The van der Waals surface area contributed by atoms with Gasteiger partial charge in [-0.25, -0.2) is 0 Å². The van der Waals surface area contributed by atoms with Gasteiger partial charge in [-0.3, -0.25) is 0 Å². The van der Waals surface area contributed by atoms with Crippen molar-refractivity contribution in [3.05, 3.63) is 270 Å². The van der Waals surface area contributed by atoms with Crippen molar-refractivity contribution in [3.8, 4) is 44.5 Å². The molecule has 0 fully saturated rings. The average molecular weight is 883 g/mol. The molecule has 3 heteroatoms. The predicted molar refractivity (Wildman–Crippen MR) is 292 cm³/mol. The Hall–Kier alpha value is -8.14. The van der Waals surface area contributed by atoms with Crippen LogP contribution in [-0.4, -0.2) is 6.85 Å². The summed E-state index contributed by atoms with van der Waals surface area (Å²) in [4.78, 5) is 5.34. The molecule has 0 unspecified atom stereocenters. The van der Waals surface area contributed by atoms with Crippen molar-refractivity contribution in [2.45, 2.75) is 38.5 Å². The Morgan fingerprint density at radius 1 is 0.391 bits per heavy atom. The Morgan fingerprint density at radius 2 is 0.986 bits per heavy atom. The van der Waals surface area contributed by atoms with Gasteiger partial charge in [0.1, 0.15) is 0 Å². The van der Waals surface area contributed by atoms with E-state index in [-0.39, 0.29) is 12.3 Å². The van der Waals surface area contributed by atoms with Gasteiger partial charge in [0.05, 0.1) is 11.1 Å². The molecule has 3 aliphatic heterocycles. The summed E-state index contributed by atoms with van der Waals surface area (Å²) in [5.74, 6) is 0. The first-order valence-electron chi connectivity index (χ1n) is 24.4. The Bertz CT molecular complexity index is 3570. The van der Waals surface area contributed by atoms with Gasteiger partial charge < -0.3 is 9.71 Å². The monoisotopic (exact) mass is 882 g/mol. The first kappa shape index (κ1) is 41.1. The lowest BCUT2D eigenvalue weighted by Gasteiger charge is -2.53. The zero-order valence-electron chi connectivity index (χ0n) is 39.5. The van der Waals surface area contributed by atoms with Gasteiger partial charge in [0.25, 0.3) is 0 Å². The molecule has 0 radical (unpaired) electrons. The lowest BCUT2D eigenvalue weighted by molar-refractivity contribution is 0.590. The van der Waals surface area contributed by atoms with Crippen LogP contribution in [0.3, 0.4) is 0 Å². The standard InChI is InChI=1S/C66H51BN2/c1-44-22-17-18-31-52(44)48-40-55-53-32-21-34-57-64(53)69(60-35-20-19-33-56(60)66(57,49-27-13-7-14-28-49)50-29-15-8-16-30-50)67-58-41-47(45-23-9-5-10-24-45)36-38-61(58)68(62(42-48)63(55)67)59-39-37-51(65(2,3)4)43-54(59)46-25-11-6-12-26-46/h5-43H,1-4H3. The van der Waals surface area contributed by atoms with E-state index in [0.717, 1.165) is 5.69 Å². The minimum atomic E-state index is -0.594. The summed E-state index contributed by atoms with van der Waals surface area (Å²) >= 11 is 0. The van der Waals surface area contributed by atoms with Crippen LogP contribution in [-0.2, 0) is 10.8 Å². The number of hydrogen-bond acceptors (Lipinski definition) is 2. The zero-order valence-corrected chi connectivity index (χ0v) is 39.5. The van der Waals surface area contributed by atoms with Crippen LogP contribution in [0.15, 0.2) is 237 Å². The number of anilines is 5. The molecule has 10 aromatic carbocycles. The Morgan fingerprint density at radius 3 is 1.68 bits per heavy atom. The predicted octanol–water partition coefficient (Wildman–Crippen LogP) is 15.7. The van der Waals surface area contributed by atoms with Crippen molar-refractivity contribution < 1.29 is 0 Å². The van der Waals surface area contributed by atoms with Crippen LogP contribution in [0.5, 0.6) is 0 Å². The van der Waals surface area contributed by atoms with E-state index in [1.54, 1.807) is 0 Å². The van der Waals surface area contributed by atoms with Crippen LogP contribution in [0.4, 0.5) is 28.4 Å². The van der Waals surface area contributed by atoms with Gasteiger partial charge in [-0.05, 0) is 126 Å². The summed E-state index contributed by atoms with van der Waals surface area (Å²) in [6, 6.07) is 89.0. The summed E-state index contributed by atoms with van der Waals surface area (Å²) < 4.78 is 0. The van der Waals surface area contributed by atoms with Gasteiger partial charge in [-0.1, -0.05) is 221 Å². The molecule has 0 aromatic heterocycles. The van der Waals surface area contributed by atoms with Crippen LogP contribution in [0.1, 0.15) is 54.2 Å².